The molecule has 0 aromatic heterocycles. The van der Waals surface area contributed by atoms with Crippen LogP contribution >= 0.6 is 0 Å². The SMILES string of the molecule is C#CCC(N)O. The Balaban J connectivity index is 2.88. The summed E-state index contributed by atoms with van der Waals surface area (Å²) in [6.45, 7) is 0. The van der Waals surface area contributed by atoms with Crippen LogP contribution in [-0.2, 0) is 0 Å². The second-order valence-corrected chi connectivity index (χ2v) is 0.976. The Bertz CT molecular complexity index is 62.4. The van der Waals surface area contributed by atoms with E-state index in [1.807, 2.05) is 0 Å². The van der Waals surface area contributed by atoms with Crippen LogP contribution in [0.5, 0.6) is 0 Å². The molecule has 0 aromatic rings. The van der Waals surface area contributed by atoms with Crippen LogP contribution in [0.3, 0.4) is 0 Å². The maximum atomic E-state index is 8.19. The summed E-state index contributed by atoms with van der Waals surface area (Å²) >= 11 is 0. The summed E-state index contributed by atoms with van der Waals surface area (Å²) < 4.78 is 0. The van der Waals surface area contributed by atoms with E-state index in [-0.39, 0.29) is 6.42 Å². The number of aliphatic hydroxyl groups is 1. The Morgan fingerprint density at radius 2 is 2.50 bits per heavy atom. The van der Waals surface area contributed by atoms with E-state index >= 15 is 0 Å². The second-order valence-electron chi connectivity index (χ2n) is 0.976. The minimum absolute atomic E-state index is 0.236. The second kappa shape index (κ2) is 2.70. The molecule has 0 aliphatic carbocycles. The summed E-state index contributed by atoms with van der Waals surface area (Å²) in [7, 11) is 0. The van der Waals surface area contributed by atoms with Gasteiger partial charge in [-0.15, -0.1) is 12.3 Å². The molecule has 0 heterocycles. The van der Waals surface area contributed by atoms with Crippen molar-refractivity contribution in [1.29, 1.82) is 0 Å². The zero-order valence-electron chi connectivity index (χ0n) is 3.39. The van der Waals surface area contributed by atoms with Crippen molar-refractivity contribution in [3.8, 4) is 12.3 Å². The highest BCUT2D eigenvalue weighted by molar-refractivity contribution is 4.84. The molecule has 1 atom stereocenters. The third-order valence-corrected chi connectivity index (χ3v) is 0.327. The number of hydrogen-bond acceptors (Lipinski definition) is 2. The number of rotatable bonds is 1. The van der Waals surface area contributed by atoms with Crippen molar-refractivity contribution in [3.05, 3.63) is 0 Å². The molecule has 0 aromatic carbocycles. The van der Waals surface area contributed by atoms with Crippen LogP contribution in [0.25, 0.3) is 0 Å². The smallest absolute Gasteiger partial charge is 0.113 e. The highest BCUT2D eigenvalue weighted by atomic mass is 16.3. The van der Waals surface area contributed by atoms with Crippen LogP contribution in [0.4, 0.5) is 0 Å². The topological polar surface area (TPSA) is 46.2 Å². The first-order chi connectivity index (χ1) is 2.77. The predicted molar refractivity (Wildman–Crippen MR) is 23.6 cm³/mol. The van der Waals surface area contributed by atoms with Gasteiger partial charge in [-0.2, -0.15) is 0 Å². The van der Waals surface area contributed by atoms with E-state index in [0.717, 1.165) is 0 Å². The monoisotopic (exact) mass is 85.1 g/mol. The molecule has 0 bridgehead atoms. The molecule has 0 spiro atoms. The molecule has 0 aliphatic heterocycles. The van der Waals surface area contributed by atoms with E-state index in [1.54, 1.807) is 0 Å². The first kappa shape index (κ1) is 5.48. The Labute approximate surface area is 37.0 Å². The molecular formula is C4H7NO. The summed E-state index contributed by atoms with van der Waals surface area (Å²) in [5.74, 6) is 2.19. The Kier molecular flexibility index (Phi) is 2.47. The molecule has 3 N–H and O–H groups in total. The van der Waals surface area contributed by atoms with Crippen LogP contribution in [0, 0.1) is 12.3 Å². The Morgan fingerprint density at radius 3 is 2.50 bits per heavy atom. The lowest BCUT2D eigenvalue weighted by Gasteiger charge is -1.91. The van der Waals surface area contributed by atoms with Gasteiger partial charge in [0, 0.05) is 6.42 Å². The molecule has 2 heteroatoms. The van der Waals surface area contributed by atoms with Crippen molar-refractivity contribution >= 4 is 0 Å². The number of nitrogens with two attached hydrogens (primary N) is 1. The highest BCUT2D eigenvalue weighted by Gasteiger charge is 1.84. The summed E-state index contributed by atoms with van der Waals surface area (Å²) in [5.41, 5.74) is 4.82. The van der Waals surface area contributed by atoms with Gasteiger partial charge in [0.25, 0.3) is 0 Å². The van der Waals surface area contributed by atoms with Crippen LogP contribution in [-0.4, -0.2) is 11.3 Å². The molecule has 0 saturated heterocycles. The molecule has 0 saturated carbocycles. The molecule has 2 nitrogen and oxygen atoms in total. The molecule has 0 amide bonds. The van der Waals surface area contributed by atoms with Gasteiger partial charge in [0.1, 0.15) is 6.23 Å². The van der Waals surface area contributed by atoms with Crippen molar-refractivity contribution < 1.29 is 5.11 Å². The van der Waals surface area contributed by atoms with Gasteiger partial charge in [0.05, 0.1) is 0 Å². The lowest BCUT2D eigenvalue weighted by molar-refractivity contribution is 0.188. The summed E-state index contributed by atoms with van der Waals surface area (Å²) in [6.07, 6.45) is 4.14. The maximum absolute atomic E-state index is 8.19. The zero-order chi connectivity index (χ0) is 4.99. The normalized spacial score (nSPS) is 12.8. The van der Waals surface area contributed by atoms with Gasteiger partial charge in [-0.1, -0.05) is 0 Å². The van der Waals surface area contributed by atoms with Crippen molar-refractivity contribution in [1.82, 2.24) is 0 Å². The number of aliphatic hydroxyl groups excluding tert-OH is 1. The van der Waals surface area contributed by atoms with Crippen molar-refractivity contribution in [2.24, 2.45) is 5.73 Å². The van der Waals surface area contributed by atoms with Gasteiger partial charge in [-0.05, 0) is 0 Å². The van der Waals surface area contributed by atoms with Crippen LogP contribution in [0.2, 0.25) is 0 Å². The first-order valence-electron chi connectivity index (χ1n) is 1.64. The van der Waals surface area contributed by atoms with Crippen molar-refractivity contribution in [2.75, 3.05) is 0 Å². The van der Waals surface area contributed by atoms with Crippen molar-refractivity contribution in [2.45, 2.75) is 12.6 Å². The zero-order valence-corrected chi connectivity index (χ0v) is 3.39. The van der Waals surface area contributed by atoms with Gasteiger partial charge in [0.2, 0.25) is 0 Å². The minimum atomic E-state index is -0.838. The van der Waals surface area contributed by atoms with E-state index in [9.17, 15) is 0 Å². The largest absolute Gasteiger partial charge is 0.378 e. The molecule has 6 heavy (non-hydrogen) atoms. The van der Waals surface area contributed by atoms with Gasteiger partial charge in [-0.25, -0.2) is 0 Å². The van der Waals surface area contributed by atoms with Gasteiger partial charge >= 0.3 is 0 Å². The first-order valence-corrected chi connectivity index (χ1v) is 1.64. The fraction of sp³-hybridized carbons (Fsp3) is 0.500. The lowest BCUT2D eigenvalue weighted by Crippen LogP contribution is -2.16. The Morgan fingerprint density at radius 1 is 2.00 bits per heavy atom. The average molecular weight is 85.1 g/mol. The summed E-state index contributed by atoms with van der Waals surface area (Å²) in [4.78, 5) is 0. The van der Waals surface area contributed by atoms with E-state index in [4.69, 9.17) is 17.3 Å². The fourth-order valence-electron chi connectivity index (χ4n) is 0.121. The third kappa shape index (κ3) is 3.48. The predicted octanol–water partition coefficient (Wildman–Crippen LogP) is -0.713. The van der Waals surface area contributed by atoms with E-state index < -0.39 is 6.23 Å². The van der Waals surface area contributed by atoms with Crippen LogP contribution in [0.15, 0.2) is 0 Å². The minimum Gasteiger partial charge on any atom is -0.378 e. The lowest BCUT2D eigenvalue weighted by atomic mass is 10.4. The molecule has 0 rings (SSSR count). The molecule has 1 unspecified atom stereocenters. The van der Waals surface area contributed by atoms with Gasteiger partial charge in [-0.3, -0.25) is 0 Å². The summed E-state index contributed by atoms with van der Waals surface area (Å²) in [5, 5.41) is 8.19. The van der Waals surface area contributed by atoms with Crippen LogP contribution in [0.1, 0.15) is 6.42 Å². The van der Waals surface area contributed by atoms with E-state index in [0.29, 0.717) is 0 Å². The molecular weight excluding hydrogens is 78.0 g/mol. The molecule has 0 fully saturated rings. The fourth-order valence-corrected chi connectivity index (χ4v) is 0.121. The van der Waals surface area contributed by atoms with Crippen LogP contribution < -0.4 is 5.73 Å². The number of hydrogen-bond donors (Lipinski definition) is 2. The highest BCUT2D eigenvalue weighted by Crippen LogP contribution is 1.73. The van der Waals surface area contributed by atoms with Gasteiger partial charge in [0.15, 0.2) is 0 Å². The van der Waals surface area contributed by atoms with E-state index in [2.05, 4.69) is 5.92 Å². The van der Waals surface area contributed by atoms with Crippen molar-refractivity contribution in [3.63, 3.8) is 0 Å². The quantitative estimate of drug-likeness (QED) is 0.326. The summed E-state index contributed by atoms with van der Waals surface area (Å²) in [6, 6.07) is 0. The third-order valence-electron chi connectivity index (χ3n) is 0.327. The number of terminal acetylenes is 1. The van der Waals surface area contributed by atoms with Gasteiger partial charge < -0.3 is 10.8 Å². The molecule has 0 radical (unpaired) electrons. The molecule has 0 aliphatic rings. The Hall–Kier alpha value is -0.520. The average Bonchev–Trinajstić information content (AvgIpc) is 1.35. The maximum Gasteiger partial charge on any atom is 0.113 e. The standard InChI is InChI=1S/C4H7NO/c1-2-3-4(5)6/h1,4,6H,3,5H2. The molecule has 34 valence electrons. The van der Waals surface area contributed by atoms with E-state index in [1.165, 1.54) is 0 Å².